The molecule has 7 nitrogen and oxygen atoms in total. The van der Waals surface area contributed by atoms with Gasteiger partial charge in [0.25, 0.3) is 0 Å². The van der Waals surface area contributed by atoms with E-state index in [0.29, 0.717) is 46.4 Å². The molecule has 0 radical (unpaired) electrons. The lowest BCUT2D eigenvalue weighted by molar-refractivity contribution is 0.183. The van der Waals surface area contributed by atoms with Crippen molar-refractivity contribution in [3.63, 3.8) is 0 Å². The highest BCUT2D eigenvalue weighted by molar-refractivity contribution is 6.35. The van der Waals surface area contributed by atoms with E-state index in [1.807, 2.05) is 30.3 Å². The van der Waals surface area contributed by atoms with Crippen LogP contribution in [0.25, 0.3) is 32.8 Å². The Morgan fingerprint density at radius 1 is 1.15 bits per heavy atom. The van der Waals surface area contributed by atoms with Crippen molar-refractivity contribution < 1.29 is 9.13 Å². The summed E-state index contributed by atoms with van der Waals surface area (Å²) in [6.07, 6.45) is 4.40. The summed E-state index contributed by atoms with van der Waals surface area (Å²) in [6.45, 7) is 2.97. The van der Waals surface area contributed by atoms with Crippen LogP contribution in [0.1, 0.15) is 31.2 Å². The molecule has 2 bridgehead atoms. The number of hydrogen-bond acceptors (Lipinski definition) is 7. The Bertz CT molecular complexity index is 1700. The summed E-state index contributed by atoms with van der Waals surface area (Å²) < 4.78 is 23.0. The number of piperazine rings is 1. The zero-order chi connectivity index (χ0) is 28.3. The van der Waals surface area contributed by atoms with E-state index in [1.165, 1.54) is 0 Å². The second kappa shape index (κ2) is 10.1. The maximum atomic E-state index is 16.8. The normalized spacial score (nSPS) is 21.0. The predicted octanol–water partition coefficient (Wildman–Crippen LogP) is 5.78. The van der Waals surface area contributed by atoms with Gasteiger partial charge >= 0.3 is 6.01 Å². The molecule has 3 aromatic carbocycles. The molecule has 2 aliphatic heterocycles. The zero-order valence-electron chi connectivity index (χ0n) is 23.3. The highest BCUT2D eigenvalue weighted by Crippen LogP contribution is 2.47. The molecule has 1 aliphatic carbocycles. The monoisotopic (exact) mass is 570 g/mol. The van der Waals surface area contributed by atoms with Gasteiger partial charge in [-0.2, -0.15) is 15.2 Å². The molecule has 2 unspecified atom stereocenters. The third kappa shape index (κ3) is 4.76. The van der Waals surface area contributed by atoms with E-state index in [0.717, 1.165) is 50.7 Å². The molecule has 1 aromatic heterocycles. The van der Waals surface area contributed by atoms with Crippen LogP contribution < -0.4 is 15.0 Å². The van der Waals surface area contributed by atoms with Gasteiger partial charge < -0.3 is 19.9 Å². The highest BCUT2D eigenvalue weighted by atomic mass is 35.5. The number of nitrogens with one attached hydrogen (secondary N) is 1. The van der Waals surface area contributed by atoms with Gasteiger partial charge in [0.2, 0.25) is 0 Å². The van der Waals surface area contributed by atoms with Gasteiger partial charge in [-0.05, 0) is 62.9 Å². The van der Waals surface area contributed by atoms with Gasteiger partial charge in [-0.3, -0.25) is 0 Å². The summed E-state index contributed by atoms with van der Waals surface area (Å²) in [6, 6.07) is 16.0. The van der Waals surface area contributed by atoms with Gasteiger partial charge in [0.1, 0.15) is 11.3 Å². The van der Waals surface area contributed by atoms with Gasteiger partial charge in [-0.1, -0.05) is 41.9 Å². The minimum Gasteiger partial charge on any atom is -0.463 e. The second-order valence-corrected chi connectivity index (χ2v) is 12.6. The van der Waals surface area contributed by atoms with Gasteiger partial charge in [-0.25, -0.2) is 4.39 Å². The van der Waals surface area contributed by atoms with Gasteiger partial charge in [0.15, 0.2) is 5.82 Å². The molecule has 4 aromatic rings. The molecule has 2 atom stereocenters. The molecular weight excluding hydrogens is 539 g/mol. The number of aromatic nitrogens is 2. The lowest BCUT2D eigenvalue weighted by atomic mass is 9.94. The number of ether oxygens (including phenoxy) is 1. The van der Waals surface area contributed by atoms with Crippen molar-refractivity contribution in [3.8, 4) is 23.2 Å². The van der Waals surface area contributed by atoms with E-state index in [2.05, 4.69) is 40.3 Å². The Morgan fingerprint density at radius 2 is 1.88 bits per heavy atom. The third-order valence-electron chi connectivity index (χ3n) is 8.77. The van der Waals surface area contributed by atoms with Crippen LogP contribution in [0.3, 0.4) is 0 Å². The number of hydrogen-bond donors (Lipinski definition) is 1. The molecular formula is C32H32ClFN6O. The first kappa shape index (κ1) is 26.4. The molecule has 9 heteroatoms. The standard InChI is InChI=1S/C32H32ClFN6O/c1-39(2)17-32(11-12-32)18-41-31-37-29-24(30(38-31)40-15-21-9-10-22(16-40)36-21)13-25(33)27(28(29)34)23-8-4-6-19-5-3-7-20(14-35)26(19)23/h3-8,13,21-22,36H,9-12,15-18H2,1-2H3. The van der Waals surface area contributed by atoms with E-state index >= 15 is 4.39 Å². The van der Waals surface area contributed by atoms with Gasteiger partial charge in [0, 0.05) is 53.5 Å². The fourth-order valence-electron chi connectivity index (χ4n) is 6.74. The van der Waals surface area contributed by atoms with Gasteiger partial charge in [-0.15, -0.1) is 0 Å². The minimum absolute atomic E-state index is 0.0798. The van der Waals surface area contributed by atoms with E-state index in [1.54, 1.807) is 12.1 Å². The lowest BCUT2D eigenvalue weighted by Gasteiger charge is -2.34. The van der Waals surface area contributed by atoms with E-state index < -0.39 is 5.82 Å². The van der Waals surface area contributed by atoms with Crippen LogP contribution in [0.4, 0.5) is 10.2 Å². The fourth-order valence-corrected chi connectivity index (χ4v) is 7.03. The summed E-state index contributed by atoms with van der Waals surface area (Å²) >= 11 is 6.89. The largest absolute Gasteiger partial charge is 0.463 e. The van der Waals surface area contributed by atoms with Crippen molar-refractivity contribution in [2.75, 3.05) is 45.2 Å². The number of nitriles is 1. The maximum Gasteiger partial charge on any atom is 0.319 e. The summed E-state index contributed by atoms with van der Waals surface area (Å²) in [5.74, 6) is 0.123. The smallest absolute Gasteiger partial charge is 0.319 e. The zero-order valence-corrected chi connectivity index (χ0v) is 24.0. The number of nitrogens with zero attached hydrogens (tertiary/aromatic N) is 5. The number of fused-ring (bicyclic) bond motifs is 4. The number of anilines is 1. The molecule has 3 heterocycles. The maximum absolute atomic E-state index is 16.8. The predicted molar refractivity (Wildman–Crippen MR) is 160 cm³/mol. The highest BCUT2D eigenvalue weighted by Gasteiger charge is 2.44. The van der Waals surface area contributed by atoms with Crippen molar-refractivity contribution >= 4 is 39.1 Å². The molecule has 41 heavy (non-hydrogen) atoms. The van der Waals surface area contributed by atoms with Crippen LogP contribution in [-0.4, -0.2) is 67.3 Å². The summed E-state index contributed by atoms with van der Waals surface area (Å²) in [7, 11) is 4.13. The summed E-state index contributed by atoms with van der Waals surface area (Å²) in [5, 5.41) is 15.8. The molecule has 0 amide bonds. The van der Waals surface area contributed by atoms with E-state index in [4.69, 9.17) is 21.3 Å². The summed E-state index contributed by atoms with van der Waals surface area (Å²) in [4.78, 5) is 13.9. The van der Waals surface area contributed by atoms with E-state index in [9.17, 15) is 5.26 Å². The van der Waals surface area contributed by atoms with Crippen LogP contribution >= 0.6 is 11.6 Å². The summed E-state index contributed by atoms with van der Waals surface area (Å²) in [5.41, 5.74) is 1.52. The SMILES string of the molecule is CN(C)CC1(COc2nc(N3CC4CCC(C3)N4)c3cc(Cl)c(-c4cccc5cccc(C#N)c45)c(F)c3n2)CC1. The number of benzene rings is 3. The van der Waals surface area contributed by atoms with Crippen molar-refractivity contribution in [2.24, 2.45) is 5.41 Å². The average molecular weight is 571 g/mol. The van der Waals surface area contributed by atoms with Crippen LogP contribution in [0.15, 0.2) is 42.5 Å². The molecule has 210 valence electrons. The molecule has 3 aliphatic rings. The van der Waals surface area contributed by atoms with Crippen LogP contribution in [0.2, 0.25) is 5.02 Å². The second-order valence-electron chi connectivity index (χ2n) is 12.2. The Labute approximate surface area is 243 Å². The van der Waals surface area contributed by atoms with Gasteiger partial charge in [0.05, 0.1) is 23.3 Å². The molecule has 7 rings (SSSR count). The van der Waals surface area contributed by atoms with Crippen molar-refractivity contribution in [1.29, 1.82) is 5.26 Å². The quantitative estimate of drug-likeness (QED) is 0.302. The first-order valence-electron chi connectivity index (χ1n) is 14.2. The lowest BCUT2D eigenvalue weighted by Crippen LogP contribution is -2.51. The fraction of sp³-hybridized carbons (Fsp3) is 0.406. The van der Waals surface area contributed by atoms with Crippen LogP contribution in [0.5, 0.6) is 6.01 Å². The van der Waals surface area contributed by atoms with Crippen LogP contribution in [-0.2, 0) is 0 Å². The van der Waals surface area contributed by atoms with Crippen LogP contribution in [0, 0.1) is 22.6 Å². The third-order valence-corrected chi connectivity index (χ3v) is 9.07. The Morgan fingerprint density at radius 3 is 2.56 bits per heavy atom. The van der Waals surface area contributed by atoms with Crippen molar-refractivity contribution in [3.05, 3.63) is 58.9 Å². The molecule has 2 saturated heterocycles. The van der Waals surface area contributed by atoms with Crippen molar-refractivity contribution in [1.82, 2.24) is 20.2 Å². The molecule has 1 N–H and O–H groups in total. The minimum atomic E-state index is -0.534. The Hall–Kier alpha value is -3.51. The Kier molecular flexibility index (Phi) is 6.50. The van der Waals surface area contributed by atoms with E-state index in [-0.39, 0.29) is 27.5 Å². The van der Waals surface area contributed by atoms with Crippen molar-refractivity contribution in [2.45, 2.75) is 37.8 Å². The Balaban J connectivity index is 1.39. The molecule has 1 saturated carbocycles. The average Bonchev–Trinajstić information content (AvgIpc) is 3.64. The number of rotatable bonds is 7. The molecule has 3 fully saturated rings. The first-order valence-corrected chi connectivity index (χ1v) is 14.6. The first-order chi connectivity index (χ1) is 19.8. The topological polar surface area (TPSA) is 77.3 Å². The molecule has 0 spiro atoms. The number of halogens is 2.